The minimum absolute atomic E-state index is 0.252. The van der Waals surface area contributed by atoms with E-state index >= 15 is 0 Å². The van der Waals surface area contributed by atoms with Gasteiger partial charge in [-0.25, -0.2) is 0 Å². The Morgan fingerprint density at radius 1 is 0.783 bits per heavy atom. The molecule has 3 rings (SSSR count). The monoisotopic (exact) mass is 308 g/mol. The van der Waals surface area contributed by atoms with Gasteiger partial charge in [-0.05, 0) is 17.7 Å². The van der Waals surface area contributed by atoms with Crippen LogP contribution in [0.1, 0.15) is 16.7 Å². The van der Waals surface area contributed by atoms with Crippen molar-refractivity contribution in [1.29, 1.82) is 0 Å². The zero-order valence-electron chi connectivity index (χ0n) is 12.4. The van der Waals surface area contributed by atoms with Crippen molar-refractivity contribution in [2.24, 2.45) is 0 Å². The average Bonchev–Trinajstić information content (AvgIpc) is 2.56. The molecule has 2 heterocycles. The van der Waals surface area contributed by atoms with E-state index in [1.165, 1.54) is 24.8 Å². The highest BCUT2D eigenvalue weighted by Crippen LogP contribution is 2.32. The molecule has 0 saturated carbocycles. The van der Waals surface area contributed by atoms with Crippen LogP contribution in [0.15, 0.2) is 79.4 Å². The summed E-state index contributed by atoms with van der Waals surface area (Å²) in [5.41, 5.74) is 0.301. The molecule has 0 saturated heterocycles. The largest absolute Gasteiger partial charge is 0.619 e. The third-order valence-electron chi connectivity index (χ3n) is 3.81. The van der Waals surface area contributed by atoms with Crippen molar-refractivity contribution in [3.8, 4) is 0 Å². The average molecular weight is 308 g/mol. The summed E-state index contributed by atoms with van der Waals surface area (Å²) in [5.74, 6) is 0. The molecule has 5 nitrogen and oxygen atoms in total. The Labute approximate surface area is 133 Å². The molecule has 0 aliphatic carbocycles. The molecule has 0 aliphatic rings. The van der Waals surface area contributed by atoms with Gasteiger partial charge in [0.05, 0.1) is 11.1 Å². The molecule has 3 aromatic rings. The Kier molecular flexibility index (Phi) is 3.95. The van der Waals surface area contributed by atoms with Crippen LogP contribution in [0.4, 0.5) is 0 Å². The van der Waals surface area contributed by atoms with Gasteiger partial charge in [0.2, 0.25) is 0 Å². The first kappa shape index (κ1) is 15.0. The fourth-order valence-corrected chi connectivity index (χ4v) is 2.66. The van der Waals surface area contributed by atoms with Gasteiger partial charge < -0.3 is 15.5 Å². The first-order valence-corrected chi connectivity index (χ1v) is 7.23. The predicted octanol–water partition coefficient (Wildman–Crippen LogP) is 1.43. The molecule has 0 bridgehead atoms. The highest BCUT2D eigenvalue weighted by Gasteiger charge is 2.35. The second kappa shape index (κ2) is 6.06. The zero-order valence-corrected chi connectivity index (χ0v) is 12.4. The van der Waals surface area contributed by atoms with Crippen LogP contribution in [0.2, 0.25) is 0 Å². The van der Waals surface area contributed by atoms with Gasteiger partial charge in [0.25, 0.3) is 0 Å². The quantitative estimate of drug-likeness (QED) is 0.585. The first-order chi connectivity index (χ1) is 11.1. The molecule has 0 unspecified atom stereocenters. The molecule has 5 heteroatoms. The van der Waals surface area contributed by atoms with Crippen molar-refractivity contribution in [2.75, 3.05) is 0 Å². The van der Waals surface area contributed by atoms with Crippen molar-refractivity contribution >= 4 is 0 Å². The molecule has 0 radical (unpaired) electrons. The Hall–Kier alpha value is -2.92. The number of rotatable bonds is 4. The van der Waals surface area contributed by atoms with Crippen LogP contribution in [0.25, 0.3) is 0 Å². The minimum atomic E-state index is -1.47. The van der Waals surface area contributed by atoms with Crippen LogP contribution >= 0.6 is 0 Å². The lowest BCUT2D eigenvalue weighted by molar-refractivity contribution is -0.607. The topological polar surface area (TPSA) is 74.1 Å². The first-order valence-electron chi connectivity index (χ1n) is 7.23. The van der Waals surface area contributed by atoms with Gasteiger partial charge in [0.15, 0.2) is 24.8 Å². The number of benzene rings is 1. The number of aliphatic hydroxyl groups is 1. The Bertz CT molecular complexity index is 761. The summed E-state index contributed by atoms with van der Waals surface area (Å²) in [7, 11) is 0. The molecule has 0 atom stereocenters. The maximum atomic E-state index is 11.6. The highest BCUT2D eigenvalue weighted by molar-refractivity contribution is 5.34. The summed E-state index contributed by atoms with van der Waals surface area (Å²) in [6, 6.07) is 16.0. The molecule has 0 spiro atoms. The Morgan fingerprint density at radius 3 is 1.78 bits per heavy atom. The van der Waals surface area contributed by atoms with Gasteiger partial charge in [-0.1, -0.05) is 30.3 Å². The van der Waals surface area contributed by atoms with E-state index in [0.29, 0.717) is 20.6 Å². The molecule has 0 aliphatic heterocycles. The van der Waals surface area contributed by atoms with E-state index in [1.54, 1.807) is 24.3 Å². The van der Waals surface area contributed by atoms with Gasteiger partial charge in [0, 0.05) is 18.6 Å². The SMILES string of the molecule is [O-][n+]1cccc(C(O)(Cc2ccccc2)c2ccc[n+]([O-])c2)c1. The van der Waals surface area contributed by atoms with Gasteiger partial charge in [0.1, 0.15) is 5.60 Å². The highest BCUT2D eigenvalue weighted by atomic mass is 16.5. The summed E-state index contributed by atoms with van der Waals surface area (Å²) in [4.78, 5) is 0. The predicted molar refractivity (Wildman–Crippen MR) is 83.9 cm³/mol. The Morgan fingerprint density at radius 2 is 1.30 bits per heavy atom. The number of hydrogen-bond acceptors (Lipinski definition) is 3. The number of pyridine rings is 2. The lowest BCUT2D eigenvalue weighted by Gasteiger charge is -2.27. The standard InChI is InChI=1S/C18H16N2O3/c21-18(12-15-6-2-1-3-7-15,16-8-4-10-19(22)13-16)17-9-5-11-20(23)14-17/h1-11,13-14,21H,12H2. The van der Waals surface area contributed by atoms with Crippen molar-refractivity contribution in [3.63, 3.8) is 0 Å². The second-order valence-corrected chi connectivity index (χ2v) is 5.43. The number of nitrogens with zero attached hydrogens (tertiary/aromatic N) is 2. The third-order valence-corrected chi connectivity index (χ3v) is 3.81. The van der Waals surface area contributed by atoms with E-state index in [9.17, 15) is 15.5 Å². The van der Waals surface area contributed by atoms with Crippen molar-refractivity contribution in [1.82, 2.24) is 0 Å². The molecule has 116 valence electrons. The molecule has 0 fully saturated rings. The van der Waals surface area contributed by atoms with Crippen molar-refractivity contribution in [2.45, 2.75) is 12.0 Å². The molecular formula is C18H16N2O3. The van der Waals surface area contributed by atoms with E-state index in [-0.39, 0.29) is 6.42 Å². The summed E-state index contributed by atoms with van der Waals surface area (Å²) >= 11 is 0. The van der Waals surface area contributed by atoms with Crippen LogP contribution in [0, 0.1) is 10.4 Å². The van der Waals surface area contributed by atoms with Gasteiger partial charge in [-0.15, -0.1) is 0 Å². The van der Waals surface area contributed by atoms with E-state index in [0.717, 1.165) is 5.56 Å². The molecular weight excluding hydrogens is 292 g/mol. The smallest absolute Gasteiger partial charge is 0.186 e. The fraction of sp³-hybridized carbons (Fsp3) is 0.111. The molecule has 23 heavy (non-hydrogen) atoms. The molecule has 1 N–H and O–H groups in total. The summed E-state index contributed by atoms with van der Waals surface area (Å²) < 4.78 is 1.28. The van der Waals surface area contributed by atoms with E-state index in [4.69, 9.17) is 0 Å². The van der Waals surface area contributed by atoms with Gasteiger partial charge >= 0.3 is 0 Å². The van der Waals surface area contributed by atoms with Crippen molar-refractivity contribution < 1.29 is 14.6 Å². The van der Waals surface area contributed by atoms with E-state index < -0.39 is 5.60 Å². The lowest BCUT2D eigenvalue weighted by Crippen LogP contribution is -2.37. The van der Waals surface area contributed by atoms with Crippen LogP contribution in [0.5, 0.6) is 0 Å². The van der Waals surface area contributed by atoms with E-state index in [2.05, 4.69) is 0 Å². The minimum Gasteiger partial charge on any atom is -0.619 e. The zero-order chi connectivity index (χ0) is 16.3. The van der Waals surface area contributed by atoms with Crippen LogP contribution in [-0.4, -0.2) is 5.11 Å². The van der Waals surface area contributed by atoms with Gasteiger partial charge in [-0.3, -0.25) is 0 Å². The van der Waals surface area contributed by atoms with E-state index in [1.807, 2.05) is 30.3 Å². The van der Waals surface area contributed by atoms with Crippen LogP contribution in [0.3, 0.4) is 0 Å². The Balaban J connectivity index is 2.13. The van der Waals surface area contributed by atoms with Crippen molar-refractivity contribution in [3.05, 3.63) is 106 Å². The number of hydrogen-bond donors (Lipinski definition) is 1. The normalized spacial score (nSPS) is 11.3. The third kappa shape index (κ3) is 3.14. The summed E-state index contributed by atoms with van der Waals surface area (Å²) in [6.45, 7) is 0. The summed E-state index contributed by atoms with van der Waals surface area (Å²) in [6.07, 6.45) is 5.61. The summed E-state index contributed by atoms with van der Waals surface area (Å²) in [5, 5.41) is 34.6. The second-order valence-electron chi connectivity index (χ2n) is 5.43. The molecule has 0 amide bonds. The van der Waals surface area contributed by atoms with Crippen LogP contribution < -0.4 is 9.46 Å². The maximum absolute atomic E-state index is 11.6. The fourth-order valence-electron chi connectivity index (χ4n) is 2.66. The lowest BCUT2D eigenvalue weighted by atomic mass is 9.83. The van der Waals surface area contributed by atoms with Crippen LogP contribution in [-0.2, 0) is 12.0 Å². The molecule has 1 aromatic carbocycles. The molecule has 2 aromatic heterocycles. The van der Waals surface area contributed by atoms with Gasteiger partial charge in [-0.2, -0.15) is 9.46 Å². The number of aromatic nitrogens is 2. The maximum Gasteiger partial charge on any atom is 0.186 e.